The van der Waals surface area contributed by atoms with Gasteiger partial charge in [0.2, 0.25) is 5.91 Å². The fourth-order valence-corrected chi connectivity index (χ4v) is 2.99. The first-order valence-electron chi connectivity index (χ1n) is 7.39. The minimum atomic E-state index is -4.46. The number of nitrogens with one attached hydrogen (secondary N) is 1. The van der Waals surface area contributed by atoms with Gasteiger partial charge in [-0.05, 0) is 36.4 Å². The first kappa shape index (κ1) is 18.5. The predicted octanol–water partition coefficient (Wildman–Crippen LogP) is 3.81. The van der Waals surface area contributed by atoms with E-state index < -0.39 is 11.7 Å². The maximum atomic E-state index is 12.8. The lowest BCUT2D eigenvalue weighted by molar-refractivity contribution is -0.137. The molecule has 0 aliphatic heterocycles. The third-order valence-corrected chi connectivity index (χ3v) is 4.69. The standard InChI is InChI=1S/C16H12ClF3N4OS/c17-11-2-4-12(5-3-11)26-9-15(25)21-7-14-23-22-13-6-1-10(8-24(13)14)16(18,19)20/h1-6,8H,7,9H2,(H,21,25). The number of halogens is 4. The van der Waals surface area contributed by atoms with Crippen LogP contribution in [0.4, 0.5) is 13.2 Å². The van der Waals surface area contributed by atoms with Crippen molar-refractivity contribution < 1.29 is 18.0 Å². The van der Waals surface area contributed by atoms with Gasteiger partial charge in [-0.1, -0.05) is 11.6 Å². The molecule has 5 nitrogen and oxygen atoms in total. The Morgan fingerprint density at radius 3 is 2.58 bits per heavy atom. The van der Waals surface area contributed by atoms with Crippen molar-refractivity contribution in [1.82, 2.24) is 19.9 Å². The van der Waals surface area contributed by atoms with Crippen LogP contribution in [0.5, 0.6) is 0 Å². The second-order valence-electron chi connectivity index (χ2n) is 5.28. The van der Waals surface area contributed by atoms with Crippen LogP contribution in [0.3, 0.4) is 0 Å². The van der Waals surface area contributed by atoms with E-state index in [-0.39, 0.29) is 29.7 Å². The Hall–Kier alpha value is -2.26. The van der Waals surface area contributed by atoms with Crippen molar-refractivity contribution in [2.45, 2.75) is 17.6 Å². The van der Waals surface area contributed by atoms with Gasteiger partial charge < -0.3 is 5.32 Å². The molecule has 0 bridgehead atoms. The van der Waals surface area contributed by atoms with E-state index in [1.54, 1.807) is 24.3 Å². The normalized spacial score (nSPS) is 11.7. The largest absolute Gasteiger partial charge is 0.417 e. The summed E-state index contributed by atoms with van der Waals surface area (Å²) >= 11 is 7.12. The van der Waals surface area contributed by atoms with Gasteiger partial charge in [0.05, 0.1) is 17.9 Å². The topological polar surface area (TPSA) is 59.3 Å². The second kappa shape index (κ2) is 7.55. The summed E-state index contributed by atoms with van der Waals surface area (Å²) in [5, 5.41) is 10.9. The molecule has 0 aliphatic rings. The minimum absolute atomic E-state index is 0.0253. The second-order valence-corrected chi connectivity index (χ2v) is 6.76. The van der Waals surface area contributed by atoms with Gasteiger partial charge in [-0.3, -0.25) is 9.20 Å². The van der Waals surface area contributed by atoms with E-state index in [0.717, 1.165) is 17.2 Å². The predicted molar refractivity (Wildman–Crippen MR) is 92.0 cm³/mol. The van der Waals surface area contributed by atoms with Crippen molar-refractivity contribution >= 4 is 34.9 Å². The molecular formula is C16H12ClF3N4OS. The van der Waals surface area contributed by atoms with E-state index >= 15 is 0 Å². The molecule has 0 spiro atoms. The average Bonchev–Trinajstić information content (AvgIpc) is 3.01. The number of thioether (sulfide) groups is 1. The fraction of sp³-hybridized carbons (Fsp3) is 0.188. The Bertz CT molecular complexity index is 927. The highest BCUT2D eigenvalue weighted by Crippen LogP contribution is 2.29. The third-order valence-electron chi connectivity index (χ3n) is 3.43. The van der Waals surface area contributed by atoms with Crippen LogP contribution in [0, 0.1) is 0 Å². The number of aromatic nitrogens is 3. The molecule has 1 amide bonds. The van der Waals surface area contributed by atoms with E-state index in [1.165, 1.54) is 22.2 Å². The van der Waals surface area contributed by atoms with Crippen molar-refractivity contribution in [1.29, 1.82) is 0 Å². The van der Waals surface area contributed by atoms with Crippen LogP contribution in [-0.2, 0) is 17.5 Å². The lowest BCUT2D eigenvalue weighted by Crippen LogP contribution is -2.25. The van der Waals surface area contributed by atoms with Crippen LogP contribution in [0.1, 0.15) is 11.4 Å². The monoisotopic (exact) mass is 400 g/mol. The molecule has 0 saturated heterocycles. The fourth-order valence-electron chi connectivity index (χ4n) is 2.13. The van der Waals surface area contributed by atoms with Gasteiger partial charge in [0.15, 0.2) is 11.5 Å². The lowest BCUT2D eigenvalue weighted by atomic mass is 10.3. The number of carbonyl (C=O) groups is 1. The number of pyridine rings is 1. The van der Waals surface area contributed by atoms with Crippen LogP contribution >= 0.6 is 23.4 Å². The van der Waals surface area contributed by atoms with Crippen molar-refractivity contribution in [2.75, 3.05) is 5.75 Å². The first-order valence-corrected chi connectivity index (χ1v) is 8.75. The summed E-state index contributed by atoms with van der Waals surface area (Å²) < 4.78 is 39.7. The SMILES string of the molecule is O=C(CSc1ccc(Cl)cc1)NCc1nnc2ccc(C(F)(F)F)cn12. The molecule has 0 fully saturated rings. The van der Waals surface area contributed by atoms with Gasteiger partial charge in [-0.15, -0.1) is 22.0 Å². The summed E-state index contributed by atoms with van der Waals surface area (Å²) in [6, 6.07) is 9.22. The molecule has 0 radical (unpaired) electrons. The van der Waals surface area contributed by atoms with Gasteiger partial charge in [0, 0.05) is 16.1 Å². The van der Waals surface area contributed by atoms with Crippen molar-refractivity contribution in [3.63, 3.8) is 0 Å². The Balaban J connectivity index is 1.62. The quantitative estimate of drug-likeness (QED) is 0.662. The molecule has 10 heteroatoms. The molecule has 0 atom stereocenters. The highest BCUT2D eigenvalue weighted by atomic mass is 35.5. The van der Waals surface area contributed by atoms with Crippen LogP contribution in [0.2, 0.25) is 5.02 Å². The molecular weight excluding hydrogens is 389 g/mol. The molecule has 0 aliphatic carbocycles. The summed E-state index contributed by atoms with van der Waals surface area (Å²) in [6.45, 7) is -0.0253. The van der Waals surface area contributed by atoms with E-state index in [1.807, 2.05) is 0 Å². The summed E-state index contributed by atoms with van der Waals surface area (Å²) in [5.74, 6) is 0.108. The van der Waals surface area contributed by atoms with Crippen LogP contribution < -0.4 is 5.32 Å². The summed E-state index contributed by atoms with van der Waals surface area (Å²) in [5.41, 5.74) is -0.534. The molecule has 2 aromatic heterocycles. The van der Waals surface area contributed by atoms with Gasteiger partial charge in [0.25, 0.3) is 0 Å². The molecule has 0 unspecified atom stereocenters. The van der Waals surface area contributed by atoms with Gasteiger partial charge in [0.1, 0.15) is 0 Å². The number of carbonyl (C=O) groups excluding carboxylic acids is 1. The molecule has 26 heavy (non-hydrogen) atoms. The average molecular weight is 401 g/mol. The molecule has 3 rings (SSSR count). The van der Waals surface area contributed by atoms with Crippen molar-refractivity contribution in [3.05, 3.63) is 59.0 Å². The Kier molecular flexibility index (Phi) is 5.38. The zero-order chi connectivity index (χ0) is 18.7. The summed E-state index contributed by atoms with van der Waals surface area (Å²) in [4.78, 5) is 12.8. The maximum absolute atomic E-state index is 12.8. The van der Waals surface area contributed by atoms with Crippen LogP contribution in [0.25, 0.3) is 5.65 Å². The van der Waals surface area contributed by atoms with E-state index in [4.69, 9.17) is 11.6 Å². The number of rotatable bonds is 5. The number of benzene rings is 1. The summed E-state index contributed by atoms with van der Waals surface area (Å²) in [7, 11) is 0. The lowest BCUT2D eigenvalue weighted by Gasteiger charge is -2.08. The van der Waals surface area contributed by atoms with Crippen LogP contribution in [0.15, 0.2) is 47.5 Å². The number of alkyl halides is 3. The number of hydrogen-bond acceptors (Lipinski definition) is 4. The Labute approximate surface area is 155 Å². The number of hydrogen-bond donors (Lipinski definition) is 1. The Morgan fingerprint density at radius 1 is 1.15 bits per heavy atom. The summed E-state index contributed by atoms with van der Waals surface area (Å²) in [6.07, 6.45) is -3.55. The smallest absolute Gasteiger partial charge is 0.348 e. The van der Waals surface area contributed by atoms with Gasteiger partial charge in [-0.25, -0.2) is 0 Å². The highest BCUT2D eigenvalue weighted by Gasteiger charge is 2.31. The Morgan fingerprint density at radius 2 is 1.88 bits per heavy atom. The van der Waals surface area contributed by atoms with E-state index in [2.05, 4.69) is 15.5 Å². The van der Waals surface area contributed by atoms with E-state index in [9.17, 15) is 18.0 Å². The van der Waals surface area contributed by atoms with Gasteiger partial charge >= 0.3 is 6.18 Å². The molecule has 3 aromatic rings. The zero-order valence-electron chi connectivity index (χ0n) is 13.1. The van der Waals surface area contributed by atoms with Crippen molar-refractivity contribution in [3.8, 4) is 0 Å². The minimum Gasteiger partial charge on any atom is -0.348 e. The van der Waals surface area contributed by atoms with Crippen LogP contribution in [-0.4, -0.2) is 26.3 Å². The molecule has 1 aromatic carbocycles. The maximum Gasteiger partial charge on any atom is 0.417 e. The first-order chi connectivity index (χ1) is 12.3. The third kappa shape index (κ3) is 4.47. The van der Waals surface area contributed by atoms with Crippen molar-refractivity contribution in [2.24, 2.45) is 0 Å². The number of amides is 1. The van der Waals surface area contributed by atoms with Gasteiger partial charge in [-0.2, -0.15) is 13.2 Å². The molecule has 2 heterocycles. The molecule has 1 N–H and O–H groups in total. The number of fused-ring (bicyclic) bond motifs is 1. The molecule has 136 valence electrons. The number of nitrogens with zero attached hydrogens (tertiary/aromatic N) is 3. The highest BCUT2D eigenvalue weighted by molar-refractivity contribution is 8.00. The van der Waals surface area contributed by atoms with E-state index in [0.29, 0.717) is 5.02 Å². The zero-order valence-corrected chi connectivity index (χ0v) is 14.7. The molecule has 0 saturated carbocycles.